The van der Waals surface area contributed by atoms with Crippen molar-refractivity contribution in [2.45, 2.75) is 38.9 Å². The Hall–Kier alpha value is -0.980. The van der Waals surface area contributed by atoms with Crippen LogP contribution in [0.25, 0.3) is 0 Å². The first-order valence-corrected chi connectivity index (χ1v) is 7.16. The first kappa shape index (κ1) is 14.4. The minimum absolute atomic E-state index is 0.717. The average Bonchev–Trinajstić information content (AvgIpc) is 3.13. The molecule has 19 heavy (non-hydrogen) atoms. The third-order valence-corrected chi connectivity index (χ3v) is 3.27. The molecule has 0 spiro atoms. The molecule has 1 aromatic heterocycles. The number of nitrogens with one attached hydrogen (secondary N) is 1. The Kier molecular flexibility index (Phi) is 5.75. The van der Waals surface area contributed by atoms with Gasteiger partial charge in [0.25, 0.3) is 0 Å². The predicted octanol–water partition coefficient (Wildman–Crippen LogP) is 0.498. The van der Waals surface area contributed by atoms with Gasteiger partial charge in [0.1, 0.15) is 0 Å². The second-order valence-corrected chi connectivity index (χ2v) is 5.13. The summed E-state index contributed by atoms with van der Waals surface area (Å²) in [6, 6.07) is 0.717. The van der Waals surface area contributed by atoms with Crippen molar-refractivity contribution in [2.75, 3.05) is 33.4 Å². The summed E-state index contributed by atoms with van der Waals surface area (Å²) in [4.78, 5) is 2.25. The van der Waals surface area contributed by atoms with Gasteiger partial charge >= 0.3 is 0 Å². The number of likely N-dealkylation sites (N-methyl/N-ethyl adjacent to an activating group) is 1. The van der Waals surface area contributed by atoms with Gasteiger partial charge in [-0.25, -0.2) is 0 Å². The van der Waals surface area contributed by atoms with E-state index in [4.69, 9.17) is 4.74 Å². The summed E-state index contributed by atoms with van der Waals surface area (Å²) >= 11 is 0. The van der Waals surface area contributed by atoms with E-state index in [1.807, 2.05) is 17.8 Å². The van der Waals surface area contributed by atoms with Crippen LogP contribution >= 0.6 is 0 Å². The molecule has 0 atom stereocenters. The second kappa shape index (κ2) is 7.57. The summed E-state index contributed by atoms with van der Waals surface area (Å²) < 4.78 is 7.25. The number of rotatable bonds is 10. The van der Waals surface area contributed by atoms with Crippen LogP contribution in [0.1, 0.15) is 25.5 Å². The predicted molar refractivity (Wildman–Crippen MR) is 73.9 cm³/mol. The maximum absolute atomic E-state index is 5.34. The third-order valence-electron chi connectivity index (χ3n) is 3.27. The van der Waals surface area contributed by atoms with Crippen molar-refractivity contribution in [2.24, 2.45) is 0 Å². The Labute approximate surface area is 115 Å². The van der Waals surface area contributed by atoms with Crippen molar-refractivity contribution in [3.63, 3.8) is 0 Å². The van der Waals surface area contributed by atoms with Crippen LogP contribution in [0, 0.1) is 0 Å². The molecular formula is C13H25N5O. The van der Waals surface area contributed by atoms with E-state index in [9.17, 15) is 0 Å². The molecule has 1 N–H and O–H groups in total. The van der Waals surface area contributed by atoms with Crippen molar-refractivity contribution in [3.05, 3.63) is 11.9 Å². The number of hydrogen-bond donors (Lipinski definition) is 1. The summed E-state index contributed by atoms with van der Waals surface area (Å²) in [5.74, 6) is 0. The molecule has 0 amide bonds. The number of ether oxygens (including phenoxy) is 1. The first-order valence-electron chi connectivity index (χ1n) is 7.16. The highest BCUT2D eigenvalue weighted by Gasteiger charge is 2.20. The maximum Gasteiger partial charge on any atom is 0.0964 e. The van der Waals surface area contributed by atoms with Crippen LogP contribution in [0.15, 0.2) is 6.20 Å². The molecule has 0 saturated heterocycles. The molecule has 1 aliphatic carbocycles. The van der Waals surface area contributed by atoms with Gasteiger partial charge in [-0.3, -0.25) is 4.68 Å². The zero-order valence-corrected chi connectivity index (χ0v) is 12.0. The van der Waals surface area contributed by atoms with Crippen molar-refractivity contribution in [3.8, 4) is 0 Å². The Morgan fingerprint density at radius 3 is 3.05 bits per heavy atom. The standard InChI is InChI=1S/C13H25N5O/c1-3-19-9-8-17(2)6-7-18-11-13(15-16-18)10-14-12-4-5-12/h11-12,14H,3-10H2,1-2H3. The Morgan fingerprint density at radius 1 is 1.47 bits per heavy atom. The average molecular weight is 267 g/mol. The molecule has 2 rings (SSSR count). The first-order chi connectivity index (χ1) is 9.28. The lowest BCUT2D eigenvalue weighted by atomic mass is 10.4. The van der Waals surface area contributed by atoms with Crippen molar-refractivity contribution in [1.82, 2.24) is 25.2 Å². The Bertz CT molecular complexity index is 364. The summed E-state index contributed by atoms with van der Waals surface area (Å²) in [5, 5.41) is 11.8. The van der Waals surface area contributed by atoms with Crippen molar-refractivity contribution >= 4 is 0 Å². The van der Waals surface area contributed by atoms with Crippen LogP contribution in [-0.4, -0.2) is 59.3 Å². The lowest BCUT2D eigenvalue weighted by Crippen LogP contribution is -2.27. The molecule has 1 aliphatic rings. The van der Waals surface area contributed by atoms with E-state index >= 15 is 0 Å². The highest BCUT2D eigenvalue weighted by molar-refractivity contribution is 4.94. The lowest BCUT2D eigenvalue weighted by molar-refractivity contribution is 0.120. The number of aromatic nitrogens is 3. The van der Waals surface area contributed by atoms with Gasteiger partial charge in [-0.1, -0.05) is 5.21 Å². The maximum atomic E-state index is 5.34. The molecule has 0 unspecified atom stereocenters. The highest BCUT2D eigenvalue weighted by atomic mass is 16.5. The van der Waals surface area contributed by atoms with Gasteiger partial charge in [-0.05, 0) is 26.8 Å². The van der Waals surface area contributed by atoms with Crippen LogP contribution in [0.3, 0.4) is 0 Å². The number of hydrogen-bond acceptors (Lipinski definition) is 5. The van der Waals surface area contributed by atoms with Crippen LogP contribution in [0.5, 0.6) is 0 Å². The van der Waals surface area contributed by atoms with Gasteiger partial charge in [-0.15, -0.1) is 5.10 Å². The van der Waals surface area contributed by atoms with Crippen molar-refractivity contribution < 1.29 is 4.74 Å². The number of nitrogens with zero attached hydrogens (tertiary/aromatic N) is 4. The van der Waals surface area contributed by atoms with Gasteiger partial charge in [-0.2, -0.15) is 0 Å². The molecule has 108 valence electrons. The summed E-state index contributed by atoms with van der Waals surface area (Å²) in [5.41, 5.74) is 1.03. The van der Waals surface area contributed by atoms with E-state index in [1.165, 1.54) is 12.8 Å². The molecule has 6 nitrogen and oxygen atoms in total. The molecule has 6 heteroatoms. The second-order valence-electron chi connectivity index (χ2n) is 5.13. The van der Waals surface area contributed by atoms with E-state index < -0.39 is 0 Å². The fourth-order valence-corrected chi connectivity index (χ4v) is 1.81. The molecular weight excluding hydrogens is 242 g/mol. The smallest absolute Gasteiger partial charge is 0.0964 e. The van der Waals surface area contributed by atoms with Gasteiger partial charge in [0.2, 0.25) is 0 Å². The van der Waals surface area contributed by atoms with E-state index in [2.05, 4.69) is 27.6 Å². The summed E-state index contributed by atoms with van der Waals surface area (Å²) in [6.45, 7) is 7.23. The van der Waals surface area contributed by atoms with Gasteiger partial charge in [0.15, 0.2) is 0 Å². The zero-order valence-electron chi connectivity index (χ0n) is 12.0. The normalized spacial score (nSPS) is 15.3. The van der Waals surface area contributed by atoms with Gasteiger partial charge < -0.3 is 15.0 Å². The fraction of sp³-hybridized carbons (Fsp3) is 0.846. The Morgan fingerprint density at radius 2 is 2.32 bits per heavy atom. The lowest BCUT2D eigenvalue weighted by Gasteiger charge is -2.15. The minimum atomic E-state index is 0.717. The fourth-order valence-electron chi connectivity index (χ4n) is 1.81. The molecule has 0 aliphatic heterocycles. The van der Waals surface area contributed by atoms with Gasteiger partial charge in [0, 0.05) is 38.5 Å². The summed E-state index contributed by atoms with van der Waals surface area (Å²) in [6.07, 6.45) is 4.64. The van der Waals surface area contributed by atoms with Crippen LogP contribution in [-0.2, 0) is 17.8 Å². The molecule has 1 heterocycles. The SMILES string of the molecule is CCOCCN(C)CCn1cc(CNC2CC2)nn1. The highest BCUT2D eigenvalue weighted by Crippen LogP contribution is 2.18. The molecule has 1 fully saturated rings. The van der Waals surface area contributed by atoms with Crippen LogP contribution < -0.4 is 5.32 Å². The molecule has 0 aromatic carbocycles. The monoisotopic (exact) mass is 267 g/mol. The topological polar surface area (TPSA) is 55.2 Å². The van der Waals surface area contributed by atoms with E-state index in [-0.39, 0.29) is 0 Å². The molecule has 0 radical (unpaired) electrons. The van der Waals surface area contributed by atoms with Crippen molar-refractivity contribution in [1.29, 1.82) is 0 Å². The minimum Gasteiger partial charge on any atom is -0.380 e. The quantitative estimate of drug-likeness (QED) is 0.626. The molecule has 1 saturated carbocycles. The van der Waals surface area contributed by atoms with E-state index in [1.54, 1.807) is 0 Å². The van der Waals surface area contributed by atoms with E-state index in [0.717, 1.165) is 51.1 Å². The van der Waals surface area contributed by atoms with Gasteiger partial charge in [0.05, 0.1) is 18.8 Å². The largest absolute Gasteiger partial charge is 0.380 e. The zero-order chi connectivity index (χ0) is 13.5. The van der Waals surface area contributed by atoms with E-state index in [0.29, 0.717) is 0 Å². The summed E-state index contributed by atoms with van der Waals surface area (Å²) in [7, 11) is 2.10. The third kappa shape index (κ3) is 5.67. The molecule has 0 bridgehead atoms. The van der Waals surface area contributed by atoms with Crippen LogP contribution in [0.2, 0.25) is 0 Å². The molecule has 1 aromatic rings. The Balaban J connectivity index is 1.61. The van der Waals surface area contributed by atoms with Crippen LogP contribution in [0.4, 0.5) is 0 Å².